The van der Waals surface area contributed by atoms with Crippen molar-refractivity contribution in [2.24, 2.45) is 0 Å². The summed E-state index contributed by atoms with van der Waals surface area (Å²) >= 11 is 5.80. The molecule has 0 fully saturated rings. The topological polar surface area (TPSA) is 83.6 Å². The molecule has 18 heavy (non-hydrogen) atoms. The van der Waals surface area contributed by atoms with Gasteiger partial charge in [-0.15, -0.1) is 0 Å². The van der Waals surface area contributed by atoms with Gasteiger partial charge in [-0.3, -0.25) is 9.89 Å². The Balaban J connectivity index is 1.91. The first kappa shape index (κ1) is 12.5. The molecule has 0 radical (unpaired) electrons. The maximum absolute atomic E-state index is 11.8. The van der Waals surface area contributed by atoms with Crippen LogP contribution in [0.1, 0.15) is 21.9 Å². The van der Waals surface area contributed by atoms with Crippen LogP contribution in [-0.4, -0.2) is 32.6 Å². The summed E-state index contributed by atoms with van der Waals surface area (Å²) in [5.74, 6) is 0.557. The van der Waals surface area contributed by atoms with Crippen LogP contribution in [0.15, 0.2) is 18.5 Å². The van der Waals surface area contributed by atoms with E-state index in [9.17, 15) is 4.79 Å². The number of nitrogens with zero attached hydrogens (tertiary/aromatic N) is 3. The average molecular weight is 266 g/mol. The number of halogens is 1. The molecule has 0 aromatic carbocycles. The second-order valence-electron chi connectivity index (χ2n) is 3.76. The van der Waals surface area contributed by atoms with Crippen molar-refractivity contribution in [1.82, 2.24) is 25.5 Å². The monoisotopic (exact) mass is 265 g/mol. The predicted octanol–water partition coefficient (Wildman–Crippen LogP) is 1.13. The van der Waals surface area contributed by atoms with Crippen LogP contribution in [0.3, 0.4) is 0 Å². The van der Waals surface area contributed by atoms with Crippen LogP contribution in [0.5, 0.6) is 0 Å². The zero-order valence-electron chi connectivity index (χ0n) is 9.77. The first-order valence-electron chi connectivity index (χ1n) is 5.42. The summed E-state index contributed by atoms with van der Waals surface area (Å²) < 4.78 is 0. The van der Waals surface area contributed by atoms with E-state index in [-0.39, 0.29) is 5.91 Å². The van der Waals surface area contributed by atoms with Gasteiger partial charge in [0.25, 0.3) is 5.91 Å². The highest BCUT2D eigenvalue weighted by Crippen LogP contribution is 2.10. The standard InChI is InChI=1S/C11H12ClN5O/c1-7-4-8(5-9(12)16-7)11(18)13-3-2-10-14-6-15-17-10/h4-6H,2-3H2,1H3,(H,13,18)(H,14,15,17). The summed E-state index contributed by atoms with van der Waals surface area (Å²) in [7, 11) is 0. The van der Waals surface area contributed by atoms with Gasteiger partial charge in [0.1, 0.15) is 17.3 Å². The van der Waals surface area contributed by atoms with Crippen molar-refractivity contribution in [3.63, 3.8) is 0 Å². The van der Waals surface area contributed by atoms with E-state index < -0.39 is 0 Å². The summed E-state index contributed by atoms with van der Waals surface area (Å²) in [6.07, 6.45) is 2.03. The lowest BCUT2D eigenvalue weighted by Gasteiger charge is -2.05. The summed E-state index contributed by atoms with van der Waals surface area (Å²) in [6.45, 7) is 2.27. The van der Waals surface area contributed by atoms with Crippen LogP contribution in [0.2, 0.25) is 5.15 Å². The number of carbonyl (C=O) groups is 1. The Kier molecular flexibility index (Phi) is 3.88. The molecule has 6 nitrogen and oxygen atoms in total. The van der Waals surface area contributed by atoms with Crippen molar-refractivity contribution in [3.05, 3.63) is 40.7 Å². The molecule has 0 aliphatic heterocycles. The molecule has 2 aromatic heterocycles. The summed E-state index contributed by atoms with van der Waals surface area (Å²) in [6, 6.07) is 3.23. The van der Waals surface area contributed by atoms with E-state index in [2.05, 4.69) is 25.5 Å². The Morgan fingerprint density at radius 2 is 2.33 bits per heavy atom. The van der Waals surface area contributed by atoms with Crippen molar-refractivity contribution >= 4 is 17.5 Å². The number of pyridine rings is 1. The van der Waals surface area contributed by atoms with Gasteiger partial charge < -0.3 is 5.32 Å². The van der Waals surface area contributed by atoms with Gasteiger partial charge >= 0.3 is 0 Å². The van der Waals surface area contributed by atoms with E-state index in [1.165, 1.54) is 6.33 Å². The Labute approximate surface area is 109 Å². The van der Waals surface area contributed by atoms with Crippen molar-refractivity contribution in [2.75, 3.05) is 6.54 Å². The summed E-state index contributed by atoms with van der Waals surface area (Å²) in [4.78, 5) is 19.8. The molecule has 2 rings (SSSR count). The van der Waals surface area contributed by atoms with E-state index in [0.717, 1.165) is 5.82 Å². The lowest BCUT2D eigenvalue weighted by Crippen LogP contribution is -2.26. The molecule has 2 N–H and O–H groups in total. The van der Waals surface area contributed by atoms with Crippen LogP contribution < -0.4 is 5.32 Å². The molecule has 0 aliphatic rings. The maximum Gasteiger partial charge on any atom is 0.251 e. The van der Waals surface area contributed by atoms with E-state index in [1.54, 1.807) is 19.1 Å². The Hall–Kier alpha value is -1.95. The highest BCUT2D eigenvalue weighted by molar-refractivity contribution is 6.29. The lowest BCUT2D eigenvalue weighted by atomic mass is 10.2. The molecule has 94 valence electrons. The van der Waals surface area contributed by atoms with Crippen LogP contribution in [0.25, 0.3) is 0 Å². The van der Waals surface area contributed by atoms with E-state index >= 15 is 0 Å². The smallest absolute Gasteiger partial charge is 0.251 e. The van der Waals surface area contributed by atoms with Gasteiger partial charge in [0.05, 0.1) is 0 Å². The second kappa shape index (κ2) is 5.59. The van der Waals surface area contributed by atoms with Crippen molar-refractivity contribution < 1.29 is 4.79 Å². The van der Waals surface area contributed by atoms with Crippen LogP contribution in [0.4, 0.5) is 0 Å². The number of aromatic amines is 1. The largest absolute Gasteiger partial charge is 0.352 e. The zero-order chi connectivity index (χ0) is 13.0. The normalized spacial score (nSPS) is 10.3. The highest BCUT2D eigenvalue weighted by Gasteiger charge is 2.07. The van der Waals surface area contributed by atoms with Crippen LogP contribution >= 0.6 is 11.6 Å². The first-order chi connectivity index (χ1) is 8.65. The molecular formula is C11H12ClN5O. The van der Waals surface area contributed by atoms with E-state index in [4.69, 9.17) is 11.6 Å². The van der Waals surface area contributed by atoms with Crippen molar-refractivity contribution in [1.29, 1.82) is 0 Å². The van der Waals surface area contributed by atoms with Gasteiger partial charge in [-0.1, -0.05) is 11.6 Å². The molecule has 0 bridgehead atoms. The Morgan fingerprint density at radius 3 is 3.00 bits per heavy atom. The van der Waals surface area contributed by atoms with Gasteiger partial charge in [-0.05, 0) is 19.1 Å². The number of aromatic nitrogens is 4. The third kappa shape index (κ3) is 3.27. The first-order valence-corrected chi connectivity index (χ1v) is 5.79. The molecule has 0 unspecified atom stereocenters. The van der Waals surface area contributed by atoms with Crippen molar-refractivity contribution in [2.45, 2.75) is 13.3 Å². The number of rotatable bonds is 4. The minimum Gasteiger partial charge on any atom is -0.352 e. The van der Waals surface area contributed by atoms with Crippen LogP contribution in [0, 0.1) is 6.92 Å². The highest BCUT2D eigenvalue weighted by atomic mass is 35.5. The summed E-state index contributed by atoms with van der Waals surface area (Å²) in [5.41, 5.74) is 1.22. The van der Waals surface area contributed by atoms with Crippen molar-refractivity contribution in [3.8, 4) is 0 Å². The third-order valence-corrected chi connectivity index (χ3v) is 2.49. The molecule has 2 aromatic rings. The minimum absolute atomic E-state index is 0.179. The van der Waals surface area contributed by atoms with Gasteiger partial charge in [-0.25, -0.2) is 9.97 Å². The average Bonchev–Trinajstić information content (AvgIpc) is 2.80. The molecule has 7 heteroatoms. The zero-order valence-corrected chi connectivity index (χ0v) is 10.5. The Morgan fingerprint density at radius 1 is 1.50 bits per heavy atom. The fourth-order valence-electron chi connectivity index (χ4n) is 1.51. The van der Waals surface area contributed by atoms with Gasteiger partial charge in [0.15, 0.2) is 0 Å². The number of carbonyl (C=O) groups excluding carboxylic acids is 1. The summed E-state index contributed by atoms with van der Waals surface area (Å²) in [5, 5.41) is 9.55. The second-order valence-corrected chi connectivity index (χ2v) is 4.15. The fourth-order valence-corrected chi connectivity index (χ4v) is 1.76. The molecule has 0 atom stereocenters. The number of aryl methyl sites for hydroxylation is 1. The van der Waals surface area contributed by atoms with Crippen LogP contribution in [-0.2, 0) is 6.42 Å². The number of H-pyrrole nitrogens is 1. The van der Waals surface area contributed by atoms with Gasteiger partial charge in [-0.2, -0.15) is 5.10 Å². The Bertz CT molecular complexity index is 520. The predicted molar refractivity (Wildman–Crippen MR) is 66.4 cm³/mol. The van der Waals surface area contributed by atoms with E-state index in [1.807, 2.05) is 0 Å². The maximum atomic E-state index is 11.8. The number of amides is 1. The molecule has 0 spiro atoms. The minimum atomic E-state index is -0.179. The van der Waals surface area contributed by atoms with Gasteiger partial charge in [0, 0.05) is 24.2 Å². The molecular weight excluding hydrogens is 254 g/mol. The number of nitrogens with one attached hydrogen (secondary N) is 2. The SMILES string of the molecule is Cc1cc(C(=O)NCCc2ncn[nH]2)cc(Cl)n1. The fraction of sp³-hybridized carbons (Fsp3) is 0.273. The third-order valence-electron chi connectivity index (χ3n) is 2.30. The van der Waals surface area contributed by atoms with E-state index in [0.29, 0.717) is 29.4 Å². The lowest BCUT2D eigenvalue weighted by molar-refractivity contribution is 0.0954. The number of hydrogen-bond donors (Lipinski definition) is 2. The quantitative estimate of drug-likeness (QED) is 0.812. The number of hydrogen-bond acceptors (Lipinski definition) is 4. The molecule has 0 saturated carbocycles. The molecule has 2 heterocycles. The molecule has 1 amide bonds. The molecule has 0 aliphatic carbocycles. The molecule has 0 saturated heterocycles. The van der Waals surface area contributed by atoms with Gasteiger partial charge in [0.2, 0.25) is 0 Å².